The summed E-state index contributed by atoms with van der Waals surface area (Å²) in [5.74, 6) is -1.30. The van der Waals surface area contributed by atoms with Gasteiger partial charge in [0.25, 0.3) is 12.1 Å². The molecule has 1 N–H and O–H groups in total. The van der Waals surface area contributed by atoms with Crippen LogP contribution in [0.1, 0.15) is 22.5 Å². The molecule has 0 aliphatic carbocycles. The van der Waals surface area contributed by atoms with Crippen molar-refractivity contribution in [3.8, 4) is 5.69 Å². The molecule has 2 aromatic rings. The number of benzene rings is 1. The van der Waals surface area contributed by atoms with Crippen molar-refractivity contribution in [3.05, 3.63) is 51.8 Å². The molecule has 0 aliphatic heterocycles. The minimum absolute atomic E-state index is 0.113. The first-order valence-corrected chi connectivity index (χ1v) is 5.26. The van der Waals surface area contributed by atoms with Crippen LogP contribution in [-0.4, -0.2) is 25.8 Å². The third-order valence-corrected chi connectivity index (χ3v) is 2.51. The number of carboxylic acids is 1. The molecule has 1 heterocycles. The highest BCUT2D eigenvalue weighted by Gasteiger charge is 2.20. The van der Waals surface area contributed by atoms with Gasteiger partial charge in [-0.2, -0.15) is 5.10 Å². The fourth-order valence-electron chi connectivity index (χ4n) is 1.61. The number of nitro groups is 1. The van der Waals surface area contributed by atoms with E-state index in [1.165, 1.54) is 6.20 Å². The number of halogens is 2. The van der Waals surface area contributed by atoms with Crippen molar-refractivity contribution in [2.75, 3.05) is 0 Å². The standard InChI is InChI=1S/C11H7F2N3O4/c12-10(13)7-5-6(16(19)20)1-2-9(7)15-4-3-8(14-15)11(17)18/h1-5,10H,(H,17,18). The van der Waals surface area contributed by atoms with E-state index in [9.17, 15) is 23.7 Å². The molecule has 0 amide bonds. The predicted molar refractivity (Wildman–Crippen MR) is 62.1 cm³/mol. The Labute approximate surface area is 110 Å². The molecule has 0 aliphatic rings. The van der Waals surface area contributed by atoms with Crippen LogP contribution in [-0.2, 0) is 0 Å². The van der Waals surface area contributed by atoms with E-state index < -0.39 is 28.6 Å². The van der Waals surface area contributed by atoms with Gasteiger partial charge in [0.2, 0.25) is 0 Å². The van der Waals surface area contributed by atoms with E-state index in [2.05, 4.69) is 5.10 Å². The number of nitro benzene ring substituents is 1. The van der Waals surface area contributed by atoms with Crippen LogP contribution in [0, 0.1) is 10.1 Å². The lowest BCUT2D eigenvalue weighted by atomic mass is 10.1. The number of aromatic carboxylic acids is 1. The first kappa shape index (κ1) is 13.6. The molecule has 1 aromatic carbocycles. The summed E-state index contributed by atoms with van der Waals surface area (Å²) in [6, 6.07) is 4.02. The third kappa shape index (κ3) is 2.46. The summed E-state index contributed by atoms with van der Waals surface area (Å²) < 4.78 is 26.8. The number of aromatic nitrogens is 2. The third-order valence-electron chi connectivity index (χ3n) is 2.51. The molecule has 7 nitrogen and oxygen atoms in total. The van der Waals surface area contributed by atoms with E-state index in [0.29, 0.717) is 0 Å². The molecular formula is C11H7F2N3O4. The zero-order valence-corrected chi connectivity index (χ0v) is 9.73. The highest BCUT2D eigenvalue weighted by Crippen LogP contribution is 2.29. The summed E-state index contributed by atoms with van der Waals surface area (Å²) in [7, 11) is 0. The Morgan fingerprint density at radius 3 is 2.60 bits per heavy atom. The van der Waals surface area contributed by atoms with Crippen molar-refractivity contribution >= 4 is 11.7 Å². The molecule has 0 unspecified atom stereocenters. The van der Waals surface area contributed by atoms with Gasteiger partial charge in [-0.3, -0.25) is 10.1 Å². The Kier molecular flexibility index (Phi) is 3.42. The van der Waals surface area contributed by atoms with Gasteiger partial charge >= 0.3 is 5.97 Å². The van der Waals surface area contributed by atoms with Crippen molar-refractivity contribution in [1.29, 1.82) is 0 Å². The highest BCUT2D eigenvalue weighted by atomic mass is 19.3. The highest BCUT2D eigenvalue weighted by molar-refractivity contribution is 5.85. The maximum Gasteiger partial charge on any atom is 0.356 e. The Morgan fingerprint density at radius 2 is 2.10 bits per heavy atom. The lowest BCUT2D eigenvalue weighted by molar-refractivity contribution is -0.385. The average molecular weight is 283 g/mol. The number of hydrogen-bond acceptors (Lipinski definition) is 4. The average Bonchev–Trinajstić information content (AvgIpc) is 2.87. The van der Waals surface area contributed by atoms with E-state index in [-0.39, 0.29) is 11.4 Å². The van der Waals surface area contributed by atoms with Gasteiger partial charge in [-0.25, -0.2) is 18.3 Å². The summed E-state index contributed by atoms with van der Waals surface area (Å²) in [5.41, 5.74) is -1.50. The van der Waals surface area contributed by atoms with Gasteiger partial charge in [-0.15, -0.1) is 0 Å². The molecule has 0 saturated carbocycles. The Hall–Kier alpha value is -2.84. The second-order valence-corrected chi connectivity index (χ2v) is 3.75. The van der Waals surface area contributed by atoms with Crippen LogP contribution in [0.5, 0.6) is 0 Å². The molecule has 0 saturated heterocycles. The predicted octanol–water partition coefficient (Wildman–Crippen LogP) is 2.42. The summed E-state index contributed by atoms with van der Waals surface area (Å²) in [6.07, 6.45) is -1.77. The van der Waals surface area contributed by atoms with Gasteiger partial charge in [-0.1, -0.05) is 0 Å². The quantitative estimate of drug-likeness (QED) is 0.686. The van der Waals surface area contributed by atoms with Crippen LogP contribution in [0.25, 0.3) is 5.69 Å². The van der Waals surface area contributed by atoms with E-state index in [1.54, 1.807) is 0 Å². The largest absolute Gasteiger partial charge is 0.476 e. The van der Waals surface area contributed by atoms with Crippen molar-refractivity contribution in [2.45, 2.75) is 6.43 Å². The minimum Gasteiger partial charge on any atom is -0.476 e. The summed E-state index contributed by atoms with van der Waals surface area (Å²) in [6.45, 7) is 0. The van der Waals surface area contributed by atoms with E-state index >= 15 is 0 Å². The maximum atomic E-state index is 12.9. The Balaban J connectivity index is 2.54. The number of hydrogen-bond donors (Lipinski definition) is 1. The number of alkyl halides is 2. The molecule has 0 atom stereocenters. The van der Waals surface area contributed by atoms with Gasteiger partial charge in [0.15, 0.2) is 5.69 Å². The minimum atomic E-state index is -2.96. The molecule has 0 radical (unpaired) electrons. The molecule has 1 aromatic heterocycles. The molecule has 0 fully saturated rings. The van der Waals surface area contributed by atoms with Crippen LogP contribution in [0.3, 0.4) is 0 Å². The molecule has 0 spiro atoms. The Morgan fingerprint density at radius 1 is 1.40 bits per heavy atom. The maximum absolute atomic E-state index is 12.9. The number of carbonyl (C=O) groups is 1. The first-order valence-electron chi connectivity index (χ1n) is 5.26. The molecule has 0 bridgehead atoms. The lowest BCUT2D eigenvalue weighted by Crippen LogP contribution is -2.04. The van der Waals surface area contributed by atoms with Gasteiger partial charge in [0.1, 0.15) is 0 Å². The summed E-state index contributed by atoms with van der Waals surface area (Å²) >= 11 is 0. The zero-order valence-electron chi connectivity index (χ0n) is 9.73. The van der Waals surface area contributed by atoms with Gasteiger partial charge in [0.05, 0.1) is 16.2 Å². The van der Waals surface area contributed by atoms with Crippen molar-refractivity contribution in [1.82, 2.24) is 9.78 Å². The van der Waals surface area contributed by atoms with Crippen molar-refractivity contribution in [2.24, 2.45) is 0 Å². The number of carboxylic acid groups (broad SMARTS) is 1. The summed E-state index contributed by atoms with van der Waals surface area (Å²) in [5, 5.41) is 22.9. The monoisotopic (exact) mass is 283 g/mol. The fraction of sp³-hybridized carbons (Fsp3) is 0.0909. The first-order chi connectivity index (χ1) is 9.40. The Bertz CT molecular complexity index is 684. The second kappa shape index (κ2) is 5.03. The van der Waals surface area contributed by atoms with Crippen molar-refractivity contribution in [3.63, 3.8) is 0 Å². The van der Waals surface area contributed by atoms with E-state index in [0.717, 1.165) is 28.9 Å². The van der Waals surface area contributed by atoms with Crippen LogP contribution in [0.2, 0.25) is 0 Å². The van der Waals surface area contributed by atoms with Gasteiger partial charge in [0, 0.05) is 18.3 Å². The SMILES string of the molecule is O=C(O)c1ccn(-c2ccc([N+](=O)[O-])cc2C(F)F)n1. The van der Waals surface area contributed by atoms with Gasteiger partial charge in [-0.05, 0) is 12.1 Å². The normalized spacial score (nSPS) is 10.8. The number of nitrogens with zero attached hydrogens (tertiary/aromatic N) is 3. The molecule has 20 heavy (non-hydrogen) atoms. The fourth-order valence-corrected chi connectivity index (χ4v) is 1.61. The molecule has 2 rings (SSSR count). The smallest absolute Gasteiger partial charge is 0.356 e. The van der Waals surface area contributed by atoms with E-state index in [1.807, 2.05) is 0 Å². The summed E-state index contributed by atoms with van der Waals surface area (Å²) in [4.78, 5) is 20.5. The molecular weight excluding hydrogens is 276 g/mol. The van der Waals surface area contributed by atoms with Crippen LogP contribution in [0.4, 0.5) is 14.5 Å². The zero-order chi connectivity index (χ0) is 14.9. The lowest BCUT2D eigenvalue weighted by Gasteiger charge is -2.08. The van der Waals surface area contributed by atoms with Gasteiger partial charge < -0.3 is 5.11 Å². The van der Waals surface area contributed by atoms with Crippen LogP contribution in [0.15, 0.2) is 30.5 Å². The van der Waals surface area contributed by atoms with E-state index in [4.69, 9.17) is 5.11 Å². The van der Waals surface area contributed by atoms with Crippen LogP contribution < -0.4 is 0 Å². The second-order valence-electron chi connectivity index (χ2n) is 3.75. The number of rotatable bonds is 4. The molecule has 104 valence electrons. The van der Waals surface area contributed by atoms with Crippen molar-refractivity contribution < 1.29 is 23.6 Å². The molecule has 9 heteroatoms. The topological polar surface area (TPSA) is 98.3 Å². The van der Waals surface area contributed by atoms with Crippen LogP contribution >= 0.6 is 0 Å². The number of non-ortho nitro benzene ring substituents is 1.